The molecule has 0 saturated heterocycles. The second-order valence-electron chi connectivity index (χ2n) is 7.32. The van der Waals surface area contributed by atoms with Gasteiger partial charge < -0.3 is 14.9 Å². The highest BCUT2D eigenvalue weighted by Gasteiger charge is 2.25. The molecular weight excluding hydrogens is 462 g/mol. The van der Waals surface area contributed by atoms with Crippen molar-refractivity contribution in [2.45, 2.75) is 12.5 Å². The van der Waals surface area contributed by atoms with Gasteiger partial charge in [0.25, 0.3) is 0 Å². The Morgan fingerprint density at radius 3 is 2.79 bits per heavy atom. The zero-order chi connectivity index (χ0) is 22.8. The molecule has 5 aromatic rings. The first-order valence-corrected chi connectivity index (χ1v) is 11.5. The van der Waals surface area contributed by atoms with Crippen molar-refractivity contribution in [3.63, 3.8) is 0 Å². The van der Waals surface area contributed by atoms with Gasteiger partial charge in [-0.15, -0.1) is 16.4 Å². The maximum atomic E-state index is 11.3. The van der Waals surface area contributed by atoms with Crippen LogP contribution in [0.15, 0.2) is 67.3 Å². The molecule has 0 saturated carbocycles. The third-order valence-electron chi connectivity index (χ3n) is 5.13. The molecule has 0 aliphatic carbocycles. The normalized spacial score (nSPS) is 12.3. The molecule has 2 N–H and O–H groups in total. The van der Waals surface area contributed by atoms with E-state index in [9.17, 15) is 5.11 Å². The lowest BCUT2D eigenvalue weighted by molar-refractivity contribution is 0.210. The van der Waals surface area contributed by atoms with E-state index >= 15 is 0 Å². The van der Waals surface area contributed by atoms with Crippen molar-refractivity contribution in [3.05, 3.63) is 83.7 Å². The molecule has 3 aromatic heterocycles. The molecule has 10 heteroatoms. The fourth-order valence-electron chi connectivity index (χ4n) is 3.52. The number of thiazole rings is 1. The summed E-state index contributed by atoms with van der Waals surface area (Å²) < 4.78 is 9.00. The summed E-state index contributed by atoms with van der Waals surface area (Å²) in [5, 5.41) is 29.0. The summed E-state index contributed by atoms with van der Waals surface area (Å²) in [6, 6.07) is 15.2. The first-order chi connectivity index (χ1) is 16.2. The lowest BCUT2D eigenvalue weighted by atomic mass is 10.1. The summed E-state index contributed by atoms with van der Waals surface area (Å²) in [6.45, 7) is 0.434. The summed E-state index contributed by atoms with van der Waals surface area (Å²) in [7, 11) is 0. The van der Waals surface area contributed by atoms with E-state index in [2.05, 4.69) is 15.3 Å². The van der Waals surface area contributed by atoms with E-state index in [-0.39, 0.29) is 6.61 Å². The number of aromatic nitrogens is 5. The standard InChI is InChI=1S/C23H20ClN5O3S/c24-17-11-16(7-8-19(17)32-10-4-9-30)29-13-18(26-27-29)22(31)21-23(15-5-2-1-3-6-15)33-20-12-25-14-28(20)21/h1-3,5-8,11-14,22,30-31H,4,9-10H2. The van der Waals surface area contributed by atoms with Crippen LogP contribution in [0.25, 0.3) is 21.0 Å². The average molecular weight is 482 g/mol. The first kappa shape index (κ1) is 21.6. The van der Waals surface area contributed by atoms with Crippen LogP contribution in [0.1, 0.15) is 23.9 Å². The number of aliphatic hydroxyl groups is 2. The average Bonchev–Trinajstić information content (AvgIpc) is 3.56. The fraction of sp³-hybridized carbons (Fsp3) is 0.174. The fourth-order valence-corrected chi connectivity index (χ4v) is 4.89. The highest BCUT2D eigenvalue weighted by molar-refractivity contribution is 7.20. The van der Waals surface area contributed by atoms with Gasteiger partial charge in [0.05, 0.1) is 40.3 Å². The van der Waals surface area contributed by atoms with Crippen LogP contribution in [0.2, 0.25) is 5.02 Å². The number of rotatable bonds is 8. The van der Waals surface area contributed by atoms with Crippen molar-refractivity contribution in [2.75, 3.05) is 13.2 Å². The molecule has 0 radical (unpaired) electrons. The van der Waals surface area contributed by atoms with Crippen LogP contribution in [-0.4, -0.2) is 47.8 Å². The molecular formula is C23H20ClN5O3S. The highest BCUT2D eigenvalue weighted by atomic mass is 35.5. The third kappa shape index (κ3) is 4.23. The Morgan fingerprint density at radius 1 is 1.15 bits per heavy atom. The van der Waals surface area contributed by atoms with Gasteiger partial charge in [0.2, 0.25) is 0 Å². The minimum atomic E-state index is -1.01. The Bertz CT molecular complexity index is 1380. The van der Waals surface area contributed by atoms with Gasteiger partial charge in [-0.2, -0.15) is 0 Å². The van der Waals surface area contributed by atoms with Crippen LogP contribution >= 0.6 is 22.9 Å². The topological polar surface area (TPSA) is 97.7 Å². The Labute approximate surface area is 198 Å². The van der Waals surface area contributed by atoms with E-state index in [0.29, 0.717) is 40.9 Å². The lowest BCUT2D eigenvalue weighted by Crippen LogP contribution is -2.05. The van der Waals surface area contributed by atoms with Gasteiger partial charge in [-0.3, -0.25) is 4.40 Å². The van der Waals surface area contributed by atoms with Gasteiger partial charge in [0.1, 0.15) is 28.7 Å². The summed E-state index contributed by atoms with van der Waals surface area (Å²) in [4.78, 5) is 6.09. The predicted molar refractivity (Wildman–Crippen MR) is 126 cm³/mol. The van der Waals surface area contributed by atoms with Gasteiger partial charge in [0.15, 0.2) is 0 Å². The number of aliphatic hydroxyl groups excluding tert-OH is 2. The van der Waals surface area contributed by atoms with Crippen LogP contribution in [0.3, 0.4) is 0 Å². The van der Waals surface area contributed by atoms with Crippen molar-refractivity contribution < 1.29 is 14.9 Å². The number of hydrogen-bond donors (Lipinski definition) is 2. The van der Waals surface area contributed by atoms with E-state index in [1.807, 2.05) is 34.7 Å². The van der Waals surface area contributed by atoms with E-state index < -0.39 is 6.10 Å². The Balaban J connectivity index is 1.46. The molecule has 0 amide bonds. The van der Waals surface area contributed by atoms with Gasteiger partial charge >= 0.3 is 0 Å². The smallest absolute Gasteiger partial charge is 0.141 e. The number of benzene rings is 2. The van der Waals surface area contributed by atoms with E-state index in [1.165, 1.54) is 0 Å². The number of imidazole rings is 1. The van der Waals surface area contributed by atoms with Gasteiger partial charge in [0, 0.05) is 13.0 Å². The third-order valence-corrected chi connectivity index (χ3v) is 6.59. The van der Waals surface area contributed by atoms with E-state index in [1.54, 1.807) is 52.9 Å². The highest BCUT2D eigenvalue weighted by Crippen LogP contribution is 2.38. The molecule has 1 unspecified atom stereocenters. The Morgan fingerprint density at radius 2 is 2.00 bits per heavy atom. The zero-order valence-electron chi connectivity index (χ0n) is 17.4. The molecule has 3 heterocycles. The molecule has 1 atom stereocenters. The molecule has 0 aliphatic heterocycles. The molecule has 5 rings (SSSR count). The molecule has 8 nitrogen and oxygen atoms in total. The first-order valence-electron chi connectivity index (χ1n) is 10.3. The molecule has 33 heavy (non-hydrogen) atoms. The molecule has 168 valence electrons. The number of halogens is 1. The van der Waals surface area contributed by atoms with E-state index in [4.69, 9.17) is 21.4 Å². The molecule has 0 spiro atoms. The number of hydrogen-bond acceptors (Lipinski definition) is 7. The second kappa shape index (κ2) is 9.32. The van der Waals surface area contributed by atoms with Crippen LogP contribution in [0, 0.1) is 0 Å². The minimum absolute atomic E-state index is 0.0568. The van der Waals surface area contributed by atoms with Crippen molar-refractivity contribution >= 4 is 27.8 Å². The number of fused-ring (bicyclic) bond motifs is 1. The second-order valence-corrected chi connectivity index (χ2v) is 8.75. The SMILES string of the molecule is OCCCOc1ccc(-n2cc(C(O)c3c(-c4ccccc4)sc4cncn34)nn2)cc1Cl. The van der Waals surface area contributed by atoms with Crippen LogP contribution in [-0.2, 0) is 0 Å². The maximum absolute atomic E-state index is 11.3. The van der Waals surface area contributed by atoms with Crippen LogP contribution in [0.4, 0.5) is 0 Å². The van der Waals surface area contributed by atoms with Gasteiger partial charge in [-0.25, -0.2) is 9.67 Å². The van der Waals surface area contributed by atoms with Crippen molar-refractivity contribution in [3.8, 4) is 21.9 Å². The Kier molecular flexibility index (Phi) is 6.10. The maximum Gasteiger partial charge on any atom is 0.141 e. The quantitative estimate of drug-likeness (QED) is 0.323. The molecule has 0 bridgehead atoms. The lowest BCUT2D eigenvalue weighted by Gasteiger charge is -2.10. The summed E-state index contributed by atoms with van der Waals surface area (Å²) in [5.74, 6) is 0.530. The minimum Gasteiger partial charge on any atom is -0.492 e. The molecule has 0 aliphatic rings. The predicted octanol–water partition coefficient (Wildman–Crippen LogP) is 4.14. The zero-order valence-corrected chi connectivity index (χ0v) is 18.9. The Hall–Kier alpha value is -3.24. The number of ether oxygens (including phenoxy) is 1. The molecule has 0 fully saturated rings. The van der Waals surface area contributed by atoms with Crippen molar-refractivity contribution in [2.24, 2.45) is 0 Å². The summed E-state index contributed by atoms with van der Waals surface area (Å²) >= 11 is 7.90. The van der Waals surface area contributed by atoms with E-state index in [0.717, 1.165) is 15.3 Å². The van der Waals surface area contributed by atoms with Crippen LogP contribution in [0.5, 0.6) is 5.75 Å². The van der Waals surface area contributed by atoms with Gasteiger partial charge in [-0.1, -0.05) is 47.1 Å². The van der Waals surface area contributed by atoms with Crippen molar-refractivity contribution in [1.82, 2.24) is 24.4 Å². The summed E-state index contributed by atoms with van der Waals surface area (Å²) in [6.07, 6.45) is 4.67. The summed E-state index contributed by atoms with van der Waals surface area (Å²) in [5.41, 5.74) is 2.79. The van der Waals surface area contributed by atoms with Crippen molar-refractivity contribution in [1.29, 1.82) is 0 Å². The number of nitrogens with zero attached hydrogens (tertiary/aromatic N) is 5. The molecule has 2 aromatic carbocycles. The van der Waals surface area contributed by atoms with Gasteiger partial charge in [-0.05, 0) is 23.8 Å². The monoisotopic (exact) mass is 481 g/mol. The largest absolute Gasteiger partial charge is 0.492 e. The van der Waals surface area contributed by atoms with Crippen LogP contribution < -0.4 is 4.74 Å².